The van der Waals surface area contributed by atoms with Gasteiger partial charge >= 0.3 is 0 Å². The number of nitrogens with zero attached hydrogens (tertiary/aromatic N) is 2. The number of nitrogens with two attached hydrogens (primary N) is 1. The minimum Gasteiger partial charge on any atom is -0.370 e. The zero-order chi connectivity index (χ0) is 11.4. The van der Waals surface area contributed by atoms with Crippen LogP contribution in [0.3, 0.4) is 0 Å². The molecule has 5 nitrogen and oxygen atoms in total. The first-order valence-electron chi connectivity index (χ1n) is 5.51. The van der Waals surface area contributed by atoms with Crippen LogP contribution in [-0.4, -0.2) is 28.8 Å². The lowest BCUT2D eigenvalue weighted by atomic mass is 10.2. The van der Waals surface area contributed by atoms with Crippen LogP contribution >= 0.6 is 11.8 Å². The highest BCUT2D eigenvalue weighted by Crippen LogP contribution is 2.27. The molecule has 2 unspecified atom stereocenters. The average molecular weight is 243 g/mol. The van der Waals surface area contributed by atoms with Crippen molar-refractivity contribution in [2.24, 2.45) is 5.73 Å². The molecule has 1 aliphatic rings. The number of thioether (sulfide) groups is 1. The van der Waals surface area contributed by atoms with Crippen molar-refractivity contribution in [1.29, 1.82) is 0 Å². The van der Waals surface area contributed by atoms with Crippen LogP contribution in [0.2, 0.25) is 0 Å². The van der Waals surface area contributed by atoms with Gasteiger partial charge in [-0.2, -0.15) is 16.7 Å². The van der Waals surface area contributed by atoms with Gasteiger partial charge in [0.05, 0.1) is 6.04 Å². The van der Waals surface area contributed by atoms with E-state index in [0.29, 0.717) is 11.7 Å². The predicted octanol–water partition coefficient (Wildman–Crippen LogP) is 1.67. The molecular formula is C10H17N3O2S. The Bertz CT molecular complexity index is 326. The van der Waals surface area contributed by atoms with Crippen LogP contribution in [-0.2, 0) is 4.74 Å². The van der Waals surface area contributed by atoms with E-state index < -0.39 is 0 Å². The maximum atomic E-state index is 5.94. The molecule has 1 aromatic rings. The largest absolute Gasteiger partial charge is 0.370 e. The first-order valence-corrected chi connectivity index (χ1v) is 6.90. The summed E-state index contributed by atoms with van der Waals surface area (Å²) in [6.45, 7) is 0.785. The van der Waals surface area contributed by atoms with E-state index in [0.717, 1.165) is 31.6 Å². The molecule has 1 fully saturated rings. The second-order valence-electron chi connectivity index (χ2n) is 3.88. The smallest absolute Gasteiger partial charge is 0.243 e. The molecule has 2 atom stereocenters. The molecular weight excluding hydrogens is 226 g/mol. The number of hydrogen-bond acceptors (Lipinski definition) is 6. The van der Waals surface area contributed by atoms with Crippen molar-refractivity contribution in [3.8, 4) is 0 Å². The summed E-state index contributed by atoms with van der Waals surface area (Å²) in [6.07, 6.45) is 4.95. The third kappa shape index (κ3) is 2.75. The minimum atomic E-state index is -0.157. The molecule has 0 saturated carbocycles. The predicted molar refractivity (Wildman–Crippen MR) is 62.2 cm³/mol. The fourth-order valence-corrected chi connectivity index (χ4v) is 2.17. The third-order valence-corrected chi connectivity index (χ3v) is 3.27. The summed E-state index contributed by atoms with van der Waals surface area (Å²) in [5.41, 5.74) is 5.94. The molecule has 6 heteroatoms. The molecule has 2 N–H and O–H groups in total. The molecule has 0 bridgehead atoms. The van der Waals surface area contributed by atoms with Crippen LogP contribution in [0.1, 0.15) is 43.1 Å². The van der Waals surface area contributed by atoms with Gasteiger partial charge in [-0.25, -0.2) is 0 Å². The third-order valence-electron chi connectivity index (χ3n) is 2.63. The van der Waals surface area contributed by atoms with Gasteiger partial charge in [-0.05, 0) is 31.3 Å². The van der Waals surface area contributed by atoms with Crippen LogP contribution in [0.25, 0.3) is 0 Å². The Morgan fingerprint density at radius 2 is 2.50 bits per heavy atom. The second-order valence-corrected chi connectivity index (χ2v) is 4.87. The van der Waals surface area contributed by atoms with Crippen molar-refractivity contribution in [1.82, 2.24) is 10.1 Å². The molecule has 1 aromatic heterocycles. The Morgan fingerprint density at radius 3 is 3.19 bits per heavy atom. The molecule has 2 heterocycles. The number of ether oxygens (including phenoxy) is 1. The zero-order valence-corrected chi connectivity index (χ0v) is 10.2. The number of aromatic nitrogens is 2. The highest BCUT2D eigenvalue weighted by molar-refractivity contribution is 7.98. The fourth-order valence-electron chi connectivity index (χ4n) is 1.68. The monoisotopic (exact) mass is 243 g/mol. The van der Waals surface area contributed by atoms with Crippen molar-refractivity contribution < 1.29 is 9.26 Å². The van der Waals surface area contributed by atoms with Gasteiger partial charge in [0.1, 0.15) is 6.10 Å². The van der Waals surface area contributed by atoms with E-state index in [2.05, 4.69) is 16.4 Å². The number of rotatable bonds is 5. The molecule has 2 rings (SSSR count). The van der Waals surface area contributed by atoms with E-state index in [-0.39, 0.29) is 12.1 Å². The average Bonchev–Trinajstić information content (AvgIpc) is 2.94. The number of hydrogen-bond donors (Lipinski definition) is 1. The topological polar surface area (TPSA) is 74.2 Å². The Hall–Kier alpha value is -0.590. The Labute approximate surface area is 99.1 Å². The lowest BCUT2D eigenvalue weighted by molar-refractivity contribution is 0.103. The van der Waals surface area contributed by atoms with Crippen LogP contribution in [0.5, 0.6) is 0 Å². The van der Waals surface area contributed by atoms with E-state index in [1.165, 1.54) is 0 Å². The molecule has 0 aliphatic carbocycles. The lowest BCUT2D eigenvalue weighted by Crippen LogP contribution is -2.12. The van der Waals surface area contributed by atoms with Gasteiger partial charge in [0, 0.05) is 6.61 Å². The van der Waals surface area contributed by atoms with Gasteiger partial charge < -0.3 is 15.0 Å². The Morgan fingerprint density at radius 1 is 1.62 bits per heavy atom. The standard InChI is InChI=1S/C10H17N3O2S/c1-16-6-4-7(11)10-12-9(13-15-10)8-3-2-5-14-8/h7-8H,2-6,11H2,1H3. The van der Waals surface area contributed by atoms with E-state index in [9.17, 15) is 0 Å². The molecule has 1 aliphatic heterocycles. The van der Waals surface area contributed by atoms with E-state index >= 15 is 0 Å². The maximum Gasteiger partial charge on any atom is 0.243 e. The van der Waals surface area contributed by atoms with E-state index in [1.807, 2.05) is 0 Å². The molecule has 90 valence electrons. The van der Waals surface area contributed by atoms with E-state index in [1.54, 1.807) is 11.8 Å². The lowest BCUT2D eigenvalue weighted by Gasteiger charge is -2.04. The fraction of sp³-hybridized carbons (Fsp3) is 0.800. The second kappa shape index (κ2) is 5.65. The van der Waals surface area contributed by atoms with Gasteiger partial charge in [-0.3, -0.25) is 0 Å². The van der Waals surface area contributed by atoms with Gasteiger partial charge in [0.2, 0.25) is 11.7 Å². The van der Waals surface area contributed by atoms with Gasteiger partial charge in [-0.1, -0.05) is 5.16 Å². The quantitative estimate of drug-likeness (QED) is 0.848. The summed E-state index contributed by atoms with van der Waals surface area (Å²) < 4.78 is 10.6. The molecule has 16 heavy (non-hydrogen) atoms. The molecule has 0 amide bonds. The van der Waals surface area contributed by atoms with Crippen LogP contribution in [0.4, 0.5) is 0 Å². The Balaban J connectivity index is 1.95. The zero-order valence-electron chi connectivity index (χ0n) is 9.39. The maximum absolute atomic E-state index is 5.94. The van der Waals surface area contributed by atoms with Gasteiger partial charge in [-0.15, -0.1) is 0 Å². The summed E-state index contributed by atoms with van der Waals surface area (Å²) in [5, 5.41) is 3.93. The van der Waals surface area contributed by atoms with E-state index in [4.69, 9.17) is 15.0 Å². The summed E-state index contributed by atoms with van der Waals surface area (Å²) >= 11 is 1.76. The van der Waals surface area contributed by atoms with Crippen molar-refractivity contribution in [3.05, 3.63) is 11.7 Å². The first-order chi connectivity index (χ1) is 7.81. The summed E-state index contributed by atoms with van der Waals surface area (Å²) in [7, 11) is 0. The molecule has 0 aromatic carbocycles. The highest BCUT2D eigenvalue weighted by Gasteiger charge is 2.24. The van der Waals surface area contributed by atoms with Crippen LogP contribution < -0.4 is 5.73 Å². The first kappa shape index (κ1) is 11.9. The van der Waals surface area contributed by atoms with Gasteiger partial charge in [0.25, 0.3) is 0 Å². The van der Waals surface area contributed by atoms with Crippen LogP contribution in [0, 0.1) is 0 Å². The summed E-state index contributed by atoms with van der Waals surface area (Å²) in [6, 6.07) is -0.157. The van der Waals surface area contributed by atoms with Crippen molar-refractivity contribution in [2.45, 2.75) is 31.4 Å². The van der Waals surface area contributed by atoms with Crippen molar-refractivity contribution in [3.63, 3.8) is 0 Å². The molecule has 0 spiro atoms. The Kier molecular flexibility index (Phi) is 4.20. The van der Waals surface area contributed by atoms with Crippen LogP contribution in [0.15, 0.2) is 4.52 Å². The summed E-state index contributed by atoms with van der Waals surface area (Å²) in [5.74, 6) is 2.17. The molecule has 1 saturated heterocycles. The normalized spacial score (nSPS) is 22.5. The highest BCUT2D eigenvalue weighted by atomic mass is 32.2. The van der Waals surface area contributed by atoms with Gasteiger partial charge in [0.15, 0.2) is 0 Å². The van der Waals surface area contributed by atoms with Crippen molar-refractivity contribution >= 4 is 11.8 Å². The minimum absolute atomic E-state index is 0.00486. The van der Waals surface area contributed by atoms with Crippen molar-refractivity contribution in [2.75, 3.05) is 18.6 Å². The SMILES string of the molecule is CSCCC(N)c1nc(C2CCCO2)no1. The molecule has 0 radical (unpaired) electrons. The summed E-state index contributed by atoms with van der Waals surface area (Å²) in [4.78, 5) is 4.31.